The molecule has 1 saturated heterocycles. The Kier molecular flexibility index (Phi) is 6.56. The summed E-state index contributed by atoms with van der Waals surface area (Å²) in [4.78, 5) is 6.26. The average Bonchev–Trinajstić information content (AvgIpc) is 2.95. The molecule has 2 aromatic heterocycles. The van der Waals surface area contributed by atoms with Gasteiger partial charge in [0.15, 0.2) is 0 Å². The van der Waals surface area contributed by atoms with Gasteiger partial charge in [-0.3, -0.25) is 13.8 Å². The van der Waals surface area contributed by atoms with E-state index in [1.54, 1.807) is 10.7 Å². The van der Waals surface area contributed by atoms with Gasteiger partial charge in [-0.1, -0.05) is 11.8 Å². The van der Waals surface area contributed by atoms with Crippen LogP contribution in [0.15, 0.2) is 23.2 Å². The van der Waals surface area contributed by atoms with Crippen molar-refractivity contribution in [3.05, 3.63) is 29.6 Å². The fraction of sp³-hybridized carbons (Fsp3) is 0.529. The summed E-state index contributed by atoms with van der Waals surface area (Å²) in [5, 5.41) is 7.53. The van der Waals surface area contributed by atoms with Crippen LogP contribution in [0.1, 0.15) is 11.4 Å². The molecule has 3 N–H and O–H groups in total. The predicted octanol–water partition coefficient (Wildman–Crippen LogP) is 3.96. The van der Waals surface area contributed by atoms with Crippen LogP contribution >= 0.6 is 22.4 Å². The van der Waals surface area contributed by atoms with Gasteiger partial charge < -0.3 is 10.2 Å². The molecule has 162 valence electrons. The minimum absolute atomic E-state index is 0.143. The number of anilines is 2. The molecule has 2 aromatic rings. The number of aromatic nitrogens is 3. The second-order valence-electron chi connectivity index (χ2n) is 6.90. The Morgan fingerprint density at radius 1 is 1.21 bits per heavy atom. The van der Waals surface area contributed by atoms with Crippen LogP contribution in [0.2, 0.25) is 0 Å². The number of thioether (sulfide) groups is 1. The van der Waals surface area contributed by atoms with Crippen molar-refractivity contribution in [2.75, 3.05) is 41.4 Å². The Bertz CT molecular complexity index is 831. The number of hydrogen-bond acceptors (Lipinski definition) is 7. The quantitative estimate of drug-likeness (QED) is 0.573. The average molecular weight is 452 g/mol. The predicted molar refractivity (Wildman–Crippen MR) is 111 cm³/mol. The molecule has 3 heterocycles. The van der Waals surface area contributed by atoms with E-state index in [0.717, 1.165) is 10.7 Å². The maximum atomic E-state index is 12.6. The van der Waals surface area contributed by atoms with E-state index in [9.17, 15) is 22.3 Å². The van der Waals surface area contributed by atoms with Crippen molar-refractivity contribution >= 4 is 33.9 Å². The molecule has 0 radical (unpaired) electrons. The third-order valence-electron chi connectivity index (χ3n) is 4.53. The molecule has 0 atom stereocenters. The number of aryl methyl sites for hydroxylation is 2. The zero-order valence-electron chi connectivity index (χ0n) is 16.1. The van der Waals surface area contributed by atoms with Crippen molar-refractivity contribution in [3.63, 3.8) is 0 Å². The zero-order valence-corrected chi connectivity index (χ0v) is 17.7. The molecule has 12 heteroatoms. The van der Waals surface area contributed by atoms with Gasteiger partial charge in [0.2, 0.25) is 0 Å². The summed E-state index contributed by atoms with van der Waals surface area (Å²) < 4.78 is 59.2. The van der Waals surface area contributed by atoms with Gasteiger partial charge >= 0.3 is 6.18 Å². The van der Waals surface area contributed by atoms with Crippen LogP contribution in [0.25, 0.3) is 0 Å². The third kappa shape index (κ3) is 6.43. The summed E-state index contributed by atoms with van der Waals surface area (Å²) in [6, 6.07) is 5.34. The highest BCUT2D eigenvalue weighted by molar-refractivity contribution is 8.24. The lowest BCUT2D eigenvalue weighted by atomic mass is 10.2. The van der Waals surface area contributed by atoms with Gasteiger partial charge in [-0.15, -0.1) is 0 Å². The molecule has 0 bridgehead atoms. The monoisotopic (exact) mass is 451 g/mol. The minimum Gasteiger partial charge on any atom is -0.368 e. The lowest BCUT2D eigenvalue weighted by molar-refractivity contribution is -0.115. The van der Waals surface area contributed by atoms with Crippen LogP contribution in [0.5, 0.6) is 0 Å². The van der Waals surface area contributed by atoms with Crippen molar-refractivity contribution < 1.29 is 22.3 Å². The summed E-state index contributed by atoms with van der Waals surface area (Å²) in [7, 11) is -0.713. The van der Waals surface area contributed by atoms with Crippen molar-refractivity contribution in [1.29, 1.82) is 0 Å². The number of alkyl halides is 3. The Labute approximate surface area is 173 Å². The maximum Gasteiger partial charge on any atom is 0.405 e. The summed E-state index contributed by atoms with van der Waals surface area (Å²) in [5.41, 5.74) is 2.35. The molecule has 0 amide bonds. The first-order valence-corrected chi connectivity index (χ1v) is 11.8. The molecule has 1 aliphatic heterocycles. The molecule has 1 fully saturated rings. The van der Waals surface area contributed by atoms with Crippen molar-refractivity contribution in [2.24, 2.45) is 7.05 Å². The SMILES string of the molecule is Cc1cc(SCc2cc(N3CCS(O)(O)CC3)cc(NCC(F)(F)F)n2)nn1C. The van der Waals surface area contributed by atoms with E-state index in [1.165, 1.54) is 11.8 Å². The van der Waals surface area contributed by atoms with Gasteiger partial charge in [-0.25, -0.2) is 4.98 Å². The van der Waals surface area contributed by atoms with Gasteiger partial charge in [0.05, 0.1) is 17.2 Å². The highest BCUT2D eigenvalue weighted by atomic mass is 32.3. The molecule has 0 unspecified atom stereocenters. The molecule has 3 rings (SSSR count). The summed E-state index contributed by atoms with van der Waals surface area (Å²) in [5.74, 6) is 1.09. The maximum absolute atomic E-state index is 12.6. The molecule has 0 saturated carbocycles. The highest BCUT2D eigenvalue weighted by Gasteiger charge is 2.27. The second-order valence-corrected chi connectivity index (χ2v) is 10.3. The van der Waals surface area contributed by atoms with Gasteiger partial charge in [0, 0.05) is 43.3 Å². The molecule has 0 aliphatic carbocycles. The zero-order chi connectivity index (χ0) is 21.2. The van der Waals surface area contributed by atoms with Gasteiger partial charge in [0.25, 0.3) is 0 Å². The van der Waals surface area contributed by atoms with Crippen LogP contribution in [-0.4, -0.2) is 61.2 Å². The number of nitrogens with zero attached hydrogens (tertiary/aromatic N) is 4. The Balaban J connectivity index is 1.78. The van der Waals surface area contributed by atoms with E-state index in [-0.39, 0.29) is 17.3 Å². The van der Waals surface area contributed by atoms with Gasteiger partial charge in [-0.2, -0.15) is 28.9 Å². The number of hydrogen-bond donors (Lipinski definition) is 3. The summed E-state index contributed by atoms with van der Waals surface area (Å²) in [6.45, 7) is 1.62. The van der Waals surface area contributed by atoms with E-state index in [0.29, 0.717) is 30.2 Å². The highest BCUT2D eigenvalue weighted by Crippen LogP contribution is 2.41. The van der Waals surface area contributed by atoms with Crippen molar-refractivity contribution in [1.82, 2.24) is 14.8 Å². The number of halogens is 3. The molecule has 1 aliphatic rings. The Morgan fingerprint density at radius 2 is 1.90 bits per heavy atom. The minimum atomic E-state index is -4.35. The largest absolute Gasteiger partial charge is 0.405 e. The molecule has 7 nitrogen and oxygen atoms in total. The smallest absolute Gasteiger partial charge is 0.368 e. The first-order chi connectivity index (χ1) is 13.5. The van der Waals surface area contributed by atoms with E-state index >= 15 is 0 Å². The first kappa shape index (κ1) is 22.1. The van der Waals surface area contributed by atoms with E-state index < -0.39 is 23.3 Å². The number of nitrogens with one attached hydrogen (secondary N) is 1. The standard InChI is InChI=1S/C17H24F3N5O2S2/c1-12-7-16(23-24(12)2)28-10-13-8-14(25-3-5-29(26,27)6-4-25)9-15(22-13)21-11-17(18,19)20/h7-9,26-27H,3-6,10-11H2,1-2H3,(H,21,22). The molecular weight excluding hydrogens is 427 g/mol. The molecular formula is C17H24F3N5O2S2. The fourth-order valence-corrected chi connectivity index (χ4v) is 4.95. The lowest BCUT2D eigenvalue weighted by Crippen LogP contribution is -2.38. The van der Waals surface area contributed by atoms with Crippen LogP contribution in [0.3, 0.4) is 0 Å². The van der Waals surface area contributed by atoms with Crippen molar-refractivity contribution in [2.45, 2.75) is 23.9 Å². The normalized spacial score (nSPS) is 18.0. The van der Waals surface area contributed by atoms with Crippen molar-refractivity contribution in [3.8, 4) is 0 Å². The van der Waals surface area contributed by atoms with E-state index in [4.69, 9.17) is 0 Å². The van der Waals surface area contributed by atoms with Crippen LogP contribution in [0, 0.1) is 6.92 Å². The third-order valence-corrected chi connectivity index (χ3v) is 7.14. The van der Waals surface area contributed by atoms with Gasteiger partial charge in [0.1, 0.15) is 17.4 Å². The lowest BCUT2D eigenvalue weighted by Gasteiger charge is -2.42. The summed E-state index contributed by atoms with van der Waals surface area (Å²) in [6.07, 6.45) is -4.35. The number of pyridine rings is 1. The Hall–Kier alpha value is -1.63. The van der Waals surface area contributed by atoms with E-state index in [2.05, 4.69) is 15.4 Å². The second kappa shape index (κ2) is 8.62. The molecule has 0 spiro atoms. The Morgan fingerprint density at radius 3 is 2.48 bits per heavy atom. The topological polar surface area (TPSA) is 86.4 Å². The van der Waals surface area contributed by atoms with Crippen LogP contribution in [0.4, 0.5) is 24.7 Å². The first-order valence-electron chi connectivity index (χ1n) is 8.94. The molecule has 0 aromatic carbocycles. The van der Waals surface area contributed by atoms with E-state index in [1.807, 2.05) is 31.0 Å². The summed E-state index contributed by atoms with van der Waals surface area (Å²) >= 11 is 1.46. The van der Waals surface area contributed by atoms with Crippen LogP contribution in [-0.2, 0) is 12.8 Å². The number of rotatable bonds is 6. The molecule has 29 heavy (non-hydrogen) atoms. The van der Waals surface area contributed by atoms with Gasteiger partial charge in [-0.05, 0) is 19.1 Å². The fourth-order valence-electron chi connectivity index (χ4n) is 2.84. The van der Waals surface area contributed by atoms with Crippen LogP contribution < -0.4 is 10.2 Å².